The predicted octanol–water partition coefficient (Wildman–Crippen LogP) is 3.68. The number of benzene rings is 3. The van der Waals surface area contributed by atoms with E-state index in [-0.39, 0.29) is 6.61 Å². The Morgan fingerprint density at radius 1 is 0.852 bits per heavy atom. The lowest BCUT2D eigenvalue weighted by Crippen LogP contribution is -2.47. The van der Waals surface area contributed by atoms with Crippen LogP contribution in [0.25, 0.3) is 0 Å². The van der Waals surface area contributed by atoms with Gasteiger partial charge in [0, 0.05) is 7.11 Å². The highest BCUT2D eigenvalue weighted by molar-refractivity contribution is 5.77. The largest absolute Gasteiger partial charge is 0.459 e. The third kappa shape index (κ3) is 3.92. The zero-order valence-electron chi connectivity index (χ0n) is 15.1. The lowest BCUT2D eigenvalue weighted by atomic mass is 9.81. The highest BCUT2D eigenvalue weighted by Gasteiger charge is 2.46. The molecular weight excluding hydrogens is 340 g/mol. The molecule has 0 saturated heterocycles. The summed E-state index contributed by atoms with van der Waals surface area (Å²) in [4.78, 5) is 12.7. The van der Waals surface area contributed by atoms with Gasteiger partial charge in [-0.3, -0.25) is 0 Å². The Hall–Kier alpha value is -2.95. The zero-order chi connectivity index (χ0) is 19.1. The van der Waals surface area contributed by atoms with E-state index in [0.29, 0.717) is 11.1 Å². The first kappa shape index (κ1) is 18.8. The van der Waals surface area contributed by atoms with Gasteiger partial charge in [0.25, 0.3) is 0 Å². The molecule has 3 rings (SSSR count). The second-order valence-corrected chi connectivity index (χ2v) is 6.17. The topological polar surface area (TPSA) is 55.8 Å². The molecule has 0 aliphatic carbocycles. The molecule has 0 aliphatic rings. The molecule has 1 atom stereocenters. The maximum absolute atomic E-state index is 12.7. The van der Waals surface area contributed by atoms with Crippen molar-refractivity contribution in [3.8, 4) is 0 Å². The third-order valence-corrected chi connectivity index (χ3v) is 4.56. The summed E-state index contributed by atoms with van der Waals surface area (Å²) in [6.45, 7) is 0.0834. The van der Waals surface area contributed by atoms with Crippen molar-refractivity contribution in [3.63, 3.8) is 0 Å². The summed E-state index contributed by atoms with van der Waals surface area (Å²) in [6.07, 6.45) is -1.53. The fraction of sp³-hybridized carbons (Fsp3) is 0.174. The molecule has 0 amide bonds. The number of aliphatic hydroxyl groups is 1. The van der Waals surface area contributed by atoms with Gasteiger partial charge in [0.05, 0.1) is 0 Å². The van der Waals surface area contributed by atoms with E-state index < -0.39 is 17.7 Å². The molecule has 1 N–H and O–H groups in total. The van der Waals surface area contributed by atoms with Crippen LogP contribution in [0.1, 0.15) is 16.7 Å². The molecule has 0 unspecified atom stereocenters. The van der Waals surface area contributed by atoms with E-state index in [4.69, 9.17) is 9.47 Å². The normalized spacial score (nSPS) is 12.4. The Labute approximate surface area is 159 Å². The van der Waals surface area contributed by atoms with Gasteiger partial charge in [-0.15, -0.1) is 0 Å². The first-order valence-corrected chi connectivity index (χ1v) is 8.73. The van der Waals surface area contributed by atoms with E-state index in [1.54, 1.807) is 0 Å². The van der Waals surface area contributed by atoms with Crippen LogP contribution >= 0.6 is 0 Å². The van der Waals surface area contributed by atoms with Gasteiger partial charge in [0.1, 0.15) is 6.61 Å². The number of hydrogen-bond acceptors (Lipinski definition) is 4. The summed E-state index contributed by atoms with van der Waals surface area (Å²) >= 11 is 0. The van der Waals surface area contributed by atoms with E-state index in [1.807, 2.05) is 91.0 Å². The summed E-state index contributed by atoms with van der Waals surface area (Å²) < 4.78 is 11.2. The number of esters is 1. The standard InChI is InChI=1S/C23H22O4/c1-26-23(19-13-7-3-8-14-19,20-15-9-4-10-16-20)21(24)22(25)27-17-18-11-5-2-6-12-18/h2-16,21,24H,17H2,1H3/t21-/m0/s1. The molecule has 138 valence electrons. The Morgan fingerprint density at radius 2 is 1.30 bits per heavy atom. The number of aliphatic hydroxyl groups excluding tert-OH is 1. The van der Waals surface area contributed by atoms with Crippen LogP contribution in [0.15, 0.2) is 91.0 Å². The van der Waals surface area contributed by atoms with Crippen molar-refractivity contribution in [1.82, 2.24) is 0 Å². The second kappa shape index (κ2) is 8.62. The number of rotatable bonds is 7. The number of hydrogen-bond donors (Lipinski definition) is 1. The molecule has 3 aromatic rings. The van der Waals surface area contributed by atoms with Crippen molar-refractivity contribution in [1.29, 1.82) is 0 Å². The van der Waals surface area contributed by atoms with Crippen LogP contribution in [-0.4, -0.2) is 24.3 Å². The summed E-state index contributed by atoms with van der Waals surface area (Å²) in [5, 5.41) is 11.0. The van der Waals surface area contributed by atoms with Crippen LogP contribution < -0.4 is 0 Å². The number of ether oxygens (including phenoxy) is 2. The van der Waals surface area contributed by atoms with Gasteiger partial charge in [0.15, 0.2) is 11.7 Å². The summed E-state index contributed by atoms with van der Waals surface area (Å²) in [7, 11) is 1.48. The summed E-state index contributed by atoms with van der Waals surface area (Å²) in [5.41, 5.74) is 0.822. The van der Waals surface area contributed by atoms with E-state index in [0.717, 1.165) is 5.56 Å². The monoisotopic (exact) mass is 362 g/mol. The molecule has 0 spiro atoms. The first-order chi connectivity index (χ1) is 13.2. The SMILES string of the molecule is COC(c1ccccc1)(c1ccccc1)[C@@H](O)C(=O)OCc1ccccc1. The van der Waals surface area contributed by atoms with Gasteiger partial charge in [0.2, 0.25) is 0 Å². The second-order valence-electron chi connectivity index (χ2n) is 6.17. The minimum absolute atomic E-state index is 0.0834. The van der Waals surface area contributed by atoms with E-state index in [1.165, 1.54) is 7.11 Å². The van der Waals surface area contributed by atoms with Crippen molar-refractivity contribution in [2.45, 2.75) is 18.3 Å². The molecule has 4 heteroatoms. The lowest BCUT2D eigenvalue weighted by Gasteiger charge is -2.36. The number of methoxy groups -OCH3 is 1. The molecule has 27 heavy (non-hydrogen) atoms. The van der Waals surface area contributed by atoms with Gasteiger partial charge >= 0.3 is 5.97 Å². The van der Waals surface area contributed by atoms with E-state index in [2.05, 4.69) is 0 Å². The van der Waals surface area contributed by atoms with Gasteiger partial charge < -0.3 is 14.6 Å². The Bertz CT molecular complexity index is 808. The molecule has 0 aliphatic heterocycles. The minimum atomic E-state index is -1.53. The molecule has 0 bridgehead atoms. The molecular formula is C23H22O4. The van der Waals surface area contributed by atoms with Crippen LogP contribution in [0.3, 0.4) is 0 Å². The Morgan fingerprint density at radius 3 is 1.74 bits per heavy atom. The number of carbonyl (C=O) groups is 1. The summed E-state index contributed by atoms with van der Waals surface area (Å²) in [5.74, 6) is -0.742. The van der Waals surface area contributed by atoms with Gasteiger partial charge in [-0.2, -0.15) is 0 Å². The number of carbonyl (C=O) groups excluding carboxylic acids is 1. The van der Waals surface area contributed by atoms with Crippen LogP contribution in [0, 0.1) is 0 Å². The van der Waals surface area contributed by atoms with Crippen LogP contribution in [-0.2, 0) is 26.5 Å². The van der Waals surface area contributed by atoms with Crippen molar-refractivity contribution >= 4 is 5.97 Å². The third-order valence-electron chi connectivity index (χ3n) is 4.56. The molecule has 0 radical (unpaired) electrons. The fourth-order valence-corrected chi connectivity index (χ4v) is 3.17. The minimum Gasteiger partial charge on any atom is -0.459 e. The van der Waals surface area contributed by atoms with Crippen molar-refractivity contribution in [3.05, 3.63) is 108 Å². The molecule has 4 nitrogen and oxygen atoms in total. The highest BCUT2D eigenvalue weighted by Crippen LogP contribution is 2.37. The van der Waals surface area contributed by atoms with Gasteiger partial charge in [-0.25, -0.2) is 4.79 Å². The fourth-order valence-electron chi connectivity index (χ4n) is 3.17. The zero-order valence-corrected chi connectivity index (χ0v) is 15.1. The van der Waals surface area contributed by atoms with Crippen molar-refractivity contribution < 1.29 is 19.4 Å². The smallest absolute Gasteiger partial charge is 0.339 e. The average Bonchev–Trinajstić information content (AvgIpc) is 2.75. The Kier molecular flexibility index (Phi) is 6.01. The van der Waals surface area contributed by atoms with Crippen molar-refractivity contribution in [2.24, 2.45) is 0 Å². The quantitative estimate of drug-likeness (QED) is 0.652. The van der Waals surface area contributed by atoms with Crippen LogP contribution in [0.2, 0.25) is 0 Å². The van der Waals surface area contributed by atoms with Gasteiger partial charge in [-0.05, 0) is 16.7 Å². The molecule has 0 fully saturated rings. The molecule has 3 aromatic carbocycles. The lowest BCUT2D eigenvalue weighted by molar-refractivity contribution is -0.171. The average molecular weight is 362 g/mol. The maximum atomic E-state index is 12.7. The highest BCUT2D eigenvalue weighted by atomic mass is 16.6. The van der Waals surface area contributed by atoms with E-state index >= 15 is 0 Å². The predicted molar refractivity (Wildman–Crippen MR) is 103 cm³/mol. The summed E-state index contributed by atoms with van der Waals surface area (Å²) in [6, 6.07) is 27.7. The molecule has 0 heterocycles. The van der Waals surface area contributed by atoms with E-state index in [9.17, 15) is 9.90 Å². The van der Waals surface area contributed by atoms with Crippen molar-refractivity contribution in [2.75, 3.05) is 7.11 Å². The van der Waals surface area contributed by atoms with Crippen LogP contribution in [0.4, 0.5) is 0 Å². The maximum Gasteiger partial charge on any atom is 0.339 e. The molecule has 0 aromatic heterocycles. The van der Waals surface area contributed by atoms with Gasteiger partial charge in [-0.1, -0.05) is 91.0 Å². The molecule has 0 saturated carbocycles. The first-order valence-electron chi connectivity index (χ1n) is 8.73. The van der Waals surface area contributed by atoms with Crippen LogP contribution in [0.5, 0.6) is 0 Å². The Balaban J connectivity index is 1.93.